The van der Waals surface area contributed by atoms with Crippen molar-refractivity contribution in [2.24, 2.45) is 0 Å². The molecule has 1 aromatic carbocycles. The molecule has 1 N–H and O–H groups in total. The molecule has 2 heterocycles. The molecule has 0 saturated carbocycles. The summed E-state index contributed by atoms with van der Waals surface area (Å²) in [4.78, 5) is 15.8. The lowest BCUT2D eigenvalue weighted by atomic mass is 10.0. The van der Waals surface area contributed by atoms with Crippen LogP contribution in [0.15, 0.2) is 36.5 Å². The topological polar surface area (TPSA) is 54.6 Å². The van der Waals surface area contributed by atoms with Crippen molar-refractivity contribution >= 4 is 11.6 Å². The largest absolute Gasteiger partial charge is 0.481 e. The van der Waals surface area contributed by atoms with Crippen molar-refractivity contribution in [2.45, 2.75) is 33.6 Å². The number of carboxylic acid groups (broad SMARTS) is 1. The van der Waals surface area contributed by atoms with E-state index in [-0.39, 0.29) is 6.42 Å². The van der Waals surface area contributed by atoms with Crippen molar-refractivity contribution in [3.8, 4) is 11.3 Å². The van der Waals surface area contributed by atoms with Gasteiger partial charge in [0.1, 0.15) is 5.65 Å². The van der Waals surface area contributed by atoms with E-state index in [1.807, 2.05) is 29.7 Å². The van der Waals surface area contributed by atoms with Crippen molar-refractivity contribution in [1.82, 2.24) is 9.38 Å². The van der Waals surface area contributed by atoms with Crippen LogP contribution in [0.4, 0.5) is 0 Å². The van der Waals surface area contributed by atoms with Gasteiger partial charge in [0.05, 0.1) is 17.8 Å². The fourth-order valence-corrected chi connectivity index (χ4v) is 2.96. The van der Waals surface area contributed by atoms with Gasteiger partial charge in [0.15, 0.2) is 0 Å². The highest BCUT2D eigenvalue weighted by atomic mass is 16.4. The fraction of sp³-hybridized carbons (Fsp3) is 0.263. The van der Waals surface area contributed by atoms with Gasteiger partial charge in [0, 0.05) is 18.2 Å². The predicted molar refractivity (Wildman–Crippen MR) is 90.8 cm³/mol. The van der Waals surface area contributed by atoms with E-state index in [4.69, 9.17) is 10.1 Å². The number of aromatic nitrogens is 2. The van der Waals surface area contributed by atoms with Crippen LogP contribution < -0.4 is 0 Å². The molecule has 3 rings (SSSR count). The number of aliphatic carboxylic acids is 1. The fourth-order valence-electron chi connectivity index (χ4n) is 2.96. The summed E-state index contributed by atoms with van der Waals surface area (Å²) in [6, 6.07) is 10.3. The van der Waals surface area contributed by atoms with Crippen LogP contribution in [-0.4, -0.2) is 20.5 Å². The number of fused-ring (bicyclic) bond motifs is 1. The smallest absolute Gasteiger partial charge is 0.303 e. The zero-order valence-electron chi connectivity index (χ0n) is 13.6. The molecule has 0 spiro atoms. The van der Waals surface area contributed by atoms with Gasteiger partial charge in [-0.3, -0.25) is 4.79 Å². The van der Waals surface area contributed by atoms with E-state index in [1.165, 1.54) is 5.56 Å². The zero-order valence-corrected chi connectivity index (χ0v) is 13.6. The molecule has 4 nitrogen and oxygen atoms in total. The first-order valence-corrected chi connectivity index (χ1v) is 7.72. The first kappa shape index (κ1) is 15.3. The van der Waals surface area contributed by atoms with Gasteiger partial charge < -0.3 is 9.51 Å². The first-order chi connectivity index (χ1) is 11.0. The summed E-state index contributed by atoms with van der Waals surface area (Å²) in [6.45, 7) is 6.16. The number of carboxylic acids is 1. The van der Waals surface area contributed by atoms with Gasteiger partial charge in [-0.1, -0.05) is 29.8 Å². The van der Waals surface area contributed by atoms with Crippen molar-refractivity contribution in [3.63, 3.8) is 0 Å². The number of hydrogen-bond donors (Lipinski definition) is 1. The van der Waals surface area contributed by atoms with Crippen molar-refractivity contribution in [3.05, 3.63) is 58.9 Å². The van der Waals surface area contributed by atoms with Crippen molar-refractivity contribution in [2.75, 3.05) is 0 Å². The van der Waals surface area contributed by atoms with Gasteiger partial charge in [-0.25, -0.2) is 4.98 Å². The normalized spacial score (nSPS) is 11.1. The maximum Gasteiger partial charge on any atom is 0.303 e. The lowest BCUT2D eigenvalue weighted by Gasteiger charge is -2.08. The van der Waals surface area contributed by atoms with Crippen LogP contribution in [0, 0.1) is 20.8 Å². The summed E-state index contributed by atoms with van der Waals surface area (Å²) in [6.07, 6.45) is 2.58. The molecular formula is C19H20N2O2. The Labute approximate surface area is 135 Å². The molecule has 0 aliphatic rings. The Morgan fingerprint density at radius 2 is 1.87 bits per heavy atom. The molecule has 118 valence electrons. The van der Waals surface area contributed by atoms with Crippen molar-refractivity contribution < 1.29 is 9.90 Å². The molecule has 0 aliphatic heterocycles. The Balaban J connectivity index is 2.21. The maximum atomic E-state index is 11.0. The standard InChI is InChI=1S/C19H20N2O2/c1-12-4-6-15(14(3)10-12)19-16(7-9-18(22)23)21-11-13(2)5-8-17(21)20-19/h4-6,8,10-11H,7,9H2,1-3H3,(H,22,23). The quantitative estimate of drug-likeness (QED) is 0.794. The molecule has 0 saturated heterocycles. The molecule has 0 aliphatic carbocycles. The summed E-state index contributed by atoms with van der Waals surface area (Å²) >= 11 is 0. The van der Waals surface area contributed by atoms with Crippen LogP contribution >= 0.6 is 0 Å². The number of benzene rings is 1. The average Bonchev–Trinajstić information content (AvgIpc) is 2.82. The number of rotatable bonds is 4. The highest BCUT2D eigenvalue weighted by molar-refractivity contribution is 5.72. The number of pyridine rings is 1. The number of aryl methyl sites for hydroxylation is 4. The lowest BCUT2D eigenvalue weighted by Crippen LogP contribution is -2.02. The van der Waals surface area contributed by atoms with E-state index in [0.29, 0.717) is 6.42 Å². The van der Waals surface area contributed by atoms with Gasteiger partial charge in [0.2, 0.25) is 0 Å². The van der Waals surface area contributed by atoms with Gasteiger partial charge >= 0.3 is 5.97 Å². The second-order valence-corrected chi connectivity index (χ2v) is 6.05. The molecular weight excluding hydrogens is 288 g/mol. The molecule has 0 atom stereocenters. The third-order valence-electron chi connectivity index (χ3n) is 4.08. The minimum atomic E-state index is -0.792. The van der Waals surface area contributed by atoms with E-state index in [2.05, 4.69) is 32.0 Å². The molecule has 0 bridgehead atoms. The Hall–Kier alpha value is -2.62. The summed E-state index contributed by atoms with van der Waals surface area (Å²) in [5, 5.41) is 9.06. The van der Waals surface area contributed by atoms with Gasteiger partial charge in [0.25, 0.3) is 0 Å². The Bertz CT molecular complexity index is 894. The SMILES string of the molecule is Cc1ccc(-c2nc3ccc(C)cn3c2CCC(=O)O)c(C)c1. The zero-order chi connectivity index (χ0) is 16.6. The summed E-state index contributed by atoms with van der Waals surface area (Å²) in [5.74, 6) is -0.792. The van der Waals surface area contributed by atoms with Gasteiger partial charge in [-0.05, 0) is 38.0 Å². The minimum Gasteiger partial charge on any atom is -0.481 e. The van der Waals surface area contributed by atoms with E-state index in [1.54, 1.807) is 0 Å². The number of imidazole rings is 1. The molecule has 0 amide bonds. The van der Waals surface area contributed by atoms with Crippen LogP contribution in [0.5, 0.6) is 0 Å². The first-order valence-electron chi connectivity index (χ1n) is 7.72. The van der Waals surface area contributed by atoms with Crippen LogP contribution in [0.3, 0.4) is 0 Å². The molecule has 0 fully saturated rings. The van der Waals surface area contributed by atoms with Crippen LogP contribution in [0.2, 0.25) is 0 Å². The van der Waals surface area contributed by atoms with E-state index >= 15 is 0 Å². The monoisotopic (exact) mass is 308 g/mol. The number of carbonyl (C=O) groups is 1. The molecule has 4 heteroatoms. The van der Waals surface area contributed by atoms with Gasteiger partial charge in [-0.15, -0.1) is 0 Å². The van der Waals surface area contributed by atoms with E-state index < -0.39 is 5.97 Å². The Morgan fingerprint density at radius 1 is 1.13 bits per heavy atom. The molecule has 2 aromatic heterocycles. The number of nitrogens with zero attached hydrogens (tertiary/aromatic N) is 2. The van der Waals surface area contributed by atoms with Crippen LogP contribution in [-0.2, 0) is 11.2 Å². The maximum absolute atomic E-state index is 11.0. The Kier molecular flexibility index (Phi) is 3.90. The lowest BCUT2D eigenvalue weighted by molar-refractivity contribution is -0.136. The van der Waals surface area contributed by atoms with Gasteiger partial charge in [-0.2, -0.15) is 0 Å². The van der Waals surface area contributed by atoms with Crippen molar-refractivity contribution in [1.29, 1.82) is 0 Å². The highest BCUT2D eigenvalue weighted by Crippen LogP contribution is 2.29. The van der Waals surface area contributed by atoms with E-state index in [9.17, 15) is 4.79 Å². The average molecular weight is 308 g/mol. The molecule has 23 heavy (non-hydrogen) atoms. The summed E-state index contributed by atoms with van der Waals surface area (Å²) in [5.41, 5.74) is 7.24. The Morgan fingerprint density at radius 3 is 2.57 bits per heavy atom. The third kappa shape index (κ3) is 2.97. The highest BCUT2D eigenvalue weighted by Gasteiger charge is 2.16. The second-order valence-electron chi connectivity index (χ2n) is 6.05. The summed E-state index contributed by atoms with van der Waals surface area (Å²) < 4.78 is 2.02. The molecule has 0 unspecified atom stereocenters. The van der Waals surface area contributed by atoms with Crippen LogP contribution in [0.1, 0.15) is 28.8 Å². The molecule has 3 aromatic rings. The number of hydrogen-bond acceptors (Lipinski definition) is 2. The van der Waals surface area contributed by atoms with E-state index in [0.717, 1.165) is 33.7 Å². The second kappa shape index (κ2) is 5.88. The van der Waals surface area contributed by atoms with Crippen LogP contribution in [0.25, 0.3) is 16.9 Å². The summed E-state index contributed by atoms with van der Waals surface area (Å²) in [7, 11) is 0. The minimum absolute atomic E-state index is 0.0969. The predicted octanol–water partition coefficient (Wildman–Crippen LogP) is 3.94. The third-order valence-corrected chi connectivity index (χ3v) is 4.08. The molecule has 0 radical (unpaired) electrons.